The predicted octanol–water partition coefficient (Wildman–Crippen LogP) is 0.441. The van der Waals surface area contributed by atoms with Crippen LogP contribution in [0, 0.1) is 5.92 Å². The van der Waals surface area contributed by atoms with Crippen molar-refractivity contribution in [2.45, 2.75) is 6.42 Å². The van der Waals surface area contributed by atoms with Gasteiger partial charge in [-0.2, -0.15) is 0 Å². The summed E-state index contributed by atoms with van der Waals surface area (Å²) in [7, 11) is 2.04. The number of imide groups is 1. The summed E-state index contributed by atoms with van der Waals surface area (Å²) in [4.78, 5) is 39.8. The molecule has 0 spiro atoms. The van der Waals surface area contributed by atoms with Gasteiger partial charge >= 0.3 is 6.03 Å². The molecule has 140 valence electrons. The highest BCUT2D eigenvalue weighted by atomic mass is 16.5. The molecule has 1 atom stereocenters. The summed E-state index contributed by atoms with van der Waals surface area (Å²) >= 11 is 0. The summed E-state index contributed by atoms with van der Waals surface area (Å²) in [6.07, 6.45) is 0.216. The molecule has 0 aliphatic carbocycles. The molecule has 1 aromatic rings. The molecule has 2 N–H and O–H groups in total. The molecular weight excluding hydrogens is 336 g/mol. The van der Waals surface area contributed by atoms with Crippen molar-refractivity contribution in [3.05, 3.63) is 29.8 Å². The van der Waals surface area contributed by atoms with E-state index in [1.807, 2.05) is 7.05 Å². The number of nitrogens with one attached hydrogen (secondary N) is 2. The van der Waals surface area contributed by atoms with E-state index in [-0.39, 0.29) is 30.7 Å². The first-order valence-electron chi connectivity index (χ1n) is 8.79. The van der Waals surface area contributed by atoms with Crippen LogP contribution in [0.1, 0.15) is 16.8 Å². The van der Waals surface area contributed by atoms with Crippen LogP contribution in [0.5, 0.6) is 0 Å². The highest BCUT2D eigenvalue weighted by Gasteiger charge is 2.27. The number of ether oxygens (including phenoxy) is 1. The Morgan fingerprint density at radius 1 is 1.31 bits per heavy atom. The number of carbonyl (C=O) groups excluding carboxylic acids is 3. The number of urea groups is 1. The van der Waals surface area contributed by atoms with E-state index in [1.165, 1.54) is 4.90 Å². The molecule has 2 aliphatic heterocycles. The zero-order valence-electron chi connectivity index (χ0n) is 14.9. The minimum atomic E-state index is -0.500. The zero-order valence-corrected chi connectivity index (χ0v) is 14.9. The van der Waals surface area contributed by atoms with Crippen molar-refractivity contribution in [1.29, 1.82) is 0 Å². The second-order valence-electron chi connectivity index (χ2n) is 6.69. The maximum absolute atomic E-state index is 12.7. The van der Waals surface area contributed by atoms with Gasteiger partial charge in [-0.25, -0.2) is 4.79 Å². The van der Waals surface area contributed by atoms with Crippen LogP contribution < -0.4 is 15.5 Å². The number of benzene rings is 1. The van der Waals surface area contributed by atoms with Gasteiger partial charge in [-0.3, -0.25) is 19.8 Å². The number of likely N-dealkylation sites (N-methyl/N-ethyl adjacent to an activating group) is 1. The third kappa shape index (κ3) is 4.39. The summed E-state index contributed by atoms with van der Waals surface area (Å²) < 4.78 is 5.57. The van der Waals surface area contributed by atoms with Crippen molar-refractivity contribution in [3.63, 3.8) is 0 Å². The molecule has 0 unspecified atom stereocenters. The normalized spacial score (nSPS) is 21.9. The Morgan fingerprint density at radius 2 is 2.12 bits per heavy atom. The fraction of sp³-hybridized carbons (Fsp3) is 0.500. The third-order valence-corrected chi connectivity index (χ3v) is 4.59. The number of hydrogen-bond acceptors (Lipinski definition) is 5. The molecule has 2 fully saturated rings. The van der Waals surface area contributed by atoms with Gasteiger partial charge in [0, 0.05) is 38.5 Å². The van der Waals surface area contributed by atoms with Gasteiger partial charge in [-0.05, 0) is 19.2 Å². The van der Waals surface area contributed by atoms with Crippen LogP contribution in [-0.4, -0.2) is 69.2 Å². The van der Waals surface area contributed by atoms with Gasteiger partial charge in [-0.1, -0.05) is 12.1 Å². The van der Waals surface area contributed by atoms with E-state index in [2.05, 4.69) is 15.5 Å². The first-order chi connectivity index (χ1) is 12.5. The Bertz CT molecular complexity index is 694. The topological polar surface area (TPSA) is 91.0 Å². The molecule has 0 bridgehead atoms. The maximum Gasteiger partial charge on any atom is 0.328 e. The van der Waals surface area contributed by atoms with Crippen molar-refractivity contribution >= 4 is 23.5 Å². The number of para-hydroxylation sites is 1. The quantitative estimate of drug-likeness (QED) is 0.813. The first kappa shape index (κ1) is 18.3. The monoisotopic (exact) mass is 360 g/mol. The smallest absolute Gasteiger partial charge is 0.328 e. The van der Waals surface area contributed by atoms with Gasteiger partial charge in [0.2, 0.25) is 5.91 Å². The molecular formula is C18H24N4O4. The average Bonchev–Trinajstić information content (AvgIpc) is 2.84. The zero-order chi connectivity index (χ0) is 18.5. The van der Waals surface area contributed by atoms with Gasteiger partial charge in [0.15, 0.2) is 0 Å². The number of carbonyl (C=O) groups is 3. The van der Waals surface area contributed by atoms with Crippen LogP contribution in [0.2, 0.25) is 0 Å². The molecule has 0 saturated carbocycles. The van der Waals surface area contributed by atoms with Gasteiger partial charge in [0.05, 0.1) is 24.5 Å². The number of anilines is 1. The summed E-state index contributed by atoms with van der Waals surface area (Å²) in [5.74, 6) is -0.322. The van der Waals surface area contributed by atoms with Crippen LogP contribution in [0.25, 0.3) is 0 Å². The van der Waals surface area contributed by atoms with Crippen molar-refractivity contribution in [3.8, 4) is 0 Å². The Hall–Kier alpha value is -2.45. The van der Waals surface area contributed by atoms with Crippen LogP contribution in [-0.2, 0) is 9.53 Å². The summed E-state index contributed by atoms with van der Waals surface area (Å²) in [6, 6.07) is 6.43. The number of amides is 4. The van der Waals surface area contributed by atoms with E-state index in [0.717, 1.165) is 13.1 Å². The Kier molecular flexibility index (Phi) is 5.85. The molecule has 2 saturated heterocycles. The highest BCUT2D eigenvalue weighted by molar-refractivity contribution is 6.09. The Labute approximate surface area is 152 Å². The van der Waals surface area contributed by atoms with Gasteiger partial charge in [0.1, 0.15) is 0 Å². The highest BCUT2D eigenvalue weighted by Crippen LogP contribution is 2.22. The van der Waals surface area contributed by atoms with Crippen LogP contribution in [0.15, 0.2) is 24.3 Å². The molecule has 4 amide bonds. The number of rotatable bonds is 4. The molecule has 8 heteroatoms. The minimum Gasteiger partial charge on any atom is -0.380 e. The van der Waals surface area contributed by atoms with Crippen molar-refractivity contribution in [1.82, 2.24) is 15.5 Å². The number of hydrogen-bond donors (Lipinski definition) is 2. The second kappa shape index (κ2) is 8.29. The Balaban J connectivity index is 1.68. The maximum atomic E-state index is 12.7. The van der Waals surface area contributed by atoms with Crippen molar-refractivity contribution in [2.75, 3.05) is 51.3 Å². The molecule has 3 rings (SSSR count). The summed E-state index contributed by atoms with van der Waals surface area (Å²) in [6.45, 7) is 3.82. The fourth-order valence-corrected chi connectivity index (χ4v) is 3.21. The number of nitrogens with zero attached hydrogens (tertiary/aromatic N) is 2. The molecule has 0 aromatic heterocycles. The fourth-order valence-electron chi connectivity index (χ4n) is 3.21. The van der Waals surface area contributed by atoms with Gasteiger partial charge < -0.3 is 15.0 Å². The molecule has 8 nitrogen and oxygen atoms in total. The van der Waals surface area contributed by atoms with E-state index in [1.54, 1.807) is 24.3 Å². The molecule has 26 heavy (non-hydrogen) atoms. The third-order valence-electron chi connectivity index (χ3n) is 4.59. The van der Waals surface area contributed by atoms with Crippen LogP contribution in [0.3, 0.4) is 0 Å². The SMILES string of the molecule is CN1CCOC[C@H](CNC(=O)c2ccccc2N2CCC(=O)NC2=O)C1. The molecule has 0 radical (unpaired) electrons. The van der Waals surface area contributed by atoms with E-state index >= 15 is 0 Å². The van der Waals surface area contributed by atoms with Gasteiger partial charge in [0.25, 0.3) is 5.91 Å². The minimum absolute atomic E-state index is 0.216. The van der Waals surface area contributed by atoms with Crippen LogP contribution in [0.4, 0.5) is 10.5 Å². The Morgan fingerprint density at radius 3 is 2.92 bits per heavy atom. The lowest BCUT2D eigenvalue weighted by atomic mass is 10.1. The molecule has 1 aromatic carbocycles. The lowest BCUT2D eigenvalue weighted by molar-refractivity contribution is -0.120. The predicted molar refractivity (Wildman–Crippen MR) is 96.1 cm³/mol. The summed E-state index contributed by atoms with van der Waals surface area (Å²) in [5, 5.41) is 5.23. The molecule has 2 aliphatic rings. The van der Waals surface area contributed by atoms with E-state index in [4.69, 9.17) is 4.74 Å². The summed E-state index contributed by atoms with van der Waals surface area (Å²) in [5.41, 5.74) is 0.920. The van der Waals surface area contributed by atoms with E-state index in [0.29, 0.717) is 31.0 Å². The lowest BCUT2D eigenvalue weighted by Crippen LogP contribution is -2.50. The van der Waals surface area contributed by atoms with Crippen molar-refractivity contribution < 1.29 is 19.1 Å². The average molecular weight is 360 g/mol. The largest absolute Gasteiger partial charge is 0.380 e. The first-order valence-corrected chi connectivity index (χ1v) is 8.79. The molecule has 2 heterocycles. The van der Waals surface area contributed by atoms with E-state index < -0.39 is 6.03 Å². The van der Waals surface area contributed by atoms with Gasteiger partial charge in [-0.15, -0.1) is 0 Å². The standard InChI is InChI=1S/C18H24N4O4/c1-21-8-9-26-12-13(11-21)10-19-17(24)14-4-2-3-5-15(14)22-7-6-16(23)20-18(22)25/h2-5,13H,6-12H2,1H3,(H,19,24)(H,20,23,25)/t13-/m1/s1. The van der Waals surface area contributed by atoms with Crippen LogP contribution >= 0.6 is 0 Å². The second-order valence-corrected chi connectivity index (χ2v) is 6.69. The lowest BCUT2D eigenvalue weighted by Gasteiger charge is -2.28. The van der Waals surface area contributed by atoms with Crippen molar-refractivity contribution in [2.24, 2.45) is 5.92 Å². The van der Waals surface area contributed by atoms with E-state index in [9.17, 15) is 14.4 Å².